The first kappa shape index (κ1) is 16.4. The van der Waals surface area contributed by atoms with E-state index < -0.39 is 0 Å². The Morgan fingerprint density at radius 1 is 1.15 bits per heavy atom. The van der Waals surface area contributed by atoms with Crippen molar-refractivity contribution in [3.63, 3.8) is 0 Å². The van der Waals surface area contributed by atoms with E-state index in [-0.39, 0.29) is 5.82 Å². The Labute approximate surface area is 154 Å². The molecule has 0 aliphatic carbocycles. The molecule has 3 aromatic heterocycles. The molecule has 7 heteroatoms. The van der Waals surface area contributed by atoms with Crippen molar-refractivity contribution in [2.75, 3.05) is 10.6 Å². The third kappa shape index (κ3) is 3.48. The van der Waals surface area contributed by atoms with E-state index in [1.54, 1.807) is 29.8 Å². The fourth-order valence-corrected chi connectivity index (χ4v) is 3.38. The number of hydrogen-bond donors (Lipinski definition) is 2. The van der Waals surface area contributed by atoms with Gasteiger partial charge in [-0.05, 0) is 53.8 Å². The lowest BCUT2D eigenvalue weighted by Crippen LogP contribution is -2.06. The van der Waals surface area contributed by atoms with Crippen LogP contribution in [0.15, 0.2) is 54.2 Å². The van der Waals surface area contributed by atoms with Gasteiger partial charge in [-0.3, -0.25) is 4.98 Å². The van der Waals surface area contributed by atoms with Crippen molar-refractivity contribution < 1.29 is 4.39 Å². The van der Waals surface area contributed by atoms with Crippen LogP contribution in [0.25, 0.3) is 10.2 Å². The molecule has 0 saturated heterocycles. The lowest BCUT2D eigenvalue weighted by Gasteiger charge is -2.12. The lowest BCUT2D eigenvalue weighted by molar-refractivity contribution is 0.627. The molecule has 0 saturated carbocycles. The molecule has 2 N–H and O–H groups in total. The number of benzene rings is 1. The topological polar surface area (TPSA) is 62.7 Å². The van der Waals surface area contributed by atoms with Gasteiger partial charge in [0.25, 0.3) is 0 Å². The highest BCUT2D eigenvalue weighted by Crippen LogP contribution is 2.30. The third-order valence-electron chi connectivity index (χ3n) is 3.92. The van der Waals surface area contributed by atoms with Gasteiger partial charge >= 0.3 is 0 Å². The summed E-state index contributed by atoms with van der Waals surface area (Å²) in [5.74, 6) is 0.978. The summed E-state index contributed by atoms with van der Waals surface area (Å²) >= 11 is 1.57. The largest absolute Gasteiger partial charge is 0.350 e. The van der Waals surface area contributed by atoms with Crippen LogP contribution in [0.5, 0.6) is 0 Å². The second-order valence-electron chi connectivity index (χ2n) is 5.83. The second-order valence-corrected chi connectivity index (χ2v) is 6.75. The van der Waals surface area contributed by atoms with Gasteiger partial charge in [0, 0.05) is 24.6 Å². The van der Waals surface area contributed by atoms with Crippen LogP contribution in [0.4, 0.5) is 21.8 Å². The number of anilines is 3. The van der Waals surface area contributed by atoms with E-state index >= 15 is 0 Å². The summed E-state index contributed by atoms with van der Waals surface area (Å²) in [6.45, 7) is 2.44. The zero-order valence-electron chi connectivity index (χ0n) is 14.0. The standard InChI is InChI=1S/C19H16FN5S/c1-12-9-14(20)4-5-15(12)23-18-17-16(6-8-26-17)24-19(25-18)22-11-13-3-2-7-21-10-13/h2-10H,11H2,1H3,(H2,22,23,24,25). The molecule has 3 heterocycles. The quantitative estimate of drug-likeness (QED) is 0.527. The van der Waals surface area contributed by atoms with E-state index in [0.29, 0.717) is 18.3 Å². The van der Waals surface area contributed by atoms with Crippen LogP contribution in [-0.2, 0) is 6.54 Å². The summed E-state index contributed by atoms with van der Waals surface area (Å²) in [7, 11) is 0. The Bertz CT molecular complexity index is 1050. The molecule has 0 aliphatic rings. The lowest BCUT2D eigenvalue weighted by atomic mass is 10.2. The Balaban J connectivity index is 1.64. The van der Waals surface area contributed by atoms with Crippen molar-refractivity contribution in [2.45, 2.75) is 13.5 Å². The molecule has 4 rings (SSSR count). The molecule has 0 bridgehead atoms. The number of nitrogens with zero attached hydrogens (tertiary/aromatic N) is 3. The number of halogens is 1. The van der Waals surface area contributed by atoms with E-state index in [1.807, 2.05) is 30.5 Å². The number of hydrogen-bond acceptors (Lipinski definition) is 6. The van der Waals surface area contributed by atoms with Gasteiger partial charge in [0.1, 0.15) is 5.82 Å². The zero-order chi connectivity index (χ0) is 17.9. The maximum Gasteiger partial charge on any atom is 0.225 e. The Kier molecular flexibility index (Phi) is 4.45. The predicted octanol–water partition coefficient (Wildman–Crippen LogP) is 4.89. The zero-order valence-corrected chi connectivity index (χ0v) is 14.8. The van der Waals surface area contributed by atoms with E-state index in [2.05, 4.69) is 25.6 Å². The van der Waals surface area contributed by atoms with Gasteiger partial charge in [-0.25, -0.2) is 9.37 Å². The predicted molar refractivity (Wildman–Crippen MR) is 103 cm³/mol. The number of nitrogens with one attached hydrogen (secondary N) is 2. The Morgan fingerprint density at radius 2 is 2.08 bits per heavy atom. The molecule has 0 unspecified atom stereocenters. The summed E-state index contributed by atoms with van der Waals surface area (Å²) in [5.41, 5.74) is 3.54. The summed E-state index contributed by atoms with van der Waals surface area (Å²) in [6, 6.07) is 10.5. The minimum Gasteiger partial charge on any atom is -0.350 e. The molecule has 0 aliphatic heterocycles. The molecule has 0 spiro atoms. The van der Waals surface area contributed by atoms with E-state index in [1.165, 1.54) is 12.1 Å². The van der Waals surface area contributed by atoms with Crippen molar-refractivity contribution in [1.82, 2.24) is 15.0 Å². The van der Waals surface area contributed by atoms with Crippen molar-refractivity contribution in [3.8, 4) is 0 Å². The van der Waals surface area contributed by atoms with Crippen LogP contribution in [0.2, 0.25) is 0 Å². The monoisotopic (exact) mass is 365 g/mol. The maximum atomic E-state index is 13.3. The molecule has 0 amide bonds. The van der Waals surface area contributed by atoms with E-state index in [4.69, 9.17) is 0 Å². The highest BCUT2D eigenvalue weighted by Gasteiger charge is 2.11. The molecule has 1 aromatic carbocycles. The van der Waals surface area contributed by atoms with Gasteiger partial charge in [0.05, 0.1) is 10.2 Å². The SMILES string of the molecule is Cc1cc(F)ccc1Nc1nc(NCc2cccnc2)nc2ccsc12. The van der Waals surface area contributed by atoms with Gasteiger partial charge in [-0.1, -0.05) is 6.07 Å². The number of fused-ring (bicyclic) bond motifs is 1. The van der Waals surface area contributed by atoms with Crippen molar-refractivity contribution >= 4 is 39.0 Å². The molecule has 26 heavy (non-hydrogen) atoms. The number of pyridine rings is 1. The maximum absolute atomic E-state index is 13.3. The minimum atomic E-state index is -0.254. The fourth-order valence-electron chi connectivity index (χ4n) is 2.61. The highest BCUT2D eigenvalue weighted by atomic mass is 32.1. The van der Waals surface area contributed by atoms with Crippen LogP contribution in [-0.4, -0.2) is 15.0 Å². The normalized spacial score (nSPS) is 10.8. The van der Waals surface area contributed by atoms with Gasteiger partial charge in [-0.2, -0.15) is 4.98 Å². The molecule has 4 aromatic rings. The number of aryl methyl sites for hydroxylation is 1. The van der Waals surface area contributed by atoms with E-state index in [9.17, 15) is 4.39 Å². The first-order valence-corrected chi connectivity index (χ1v) is 8.98. The van der Waals surface area contributed by atoms with Gasteiger partial charge < -0.3 is 10.6 Å². The summed E-state index contributed by atoms with van der Waals surface area (Å²) in [4.78, 5) is 13.3. The van der Waals surface area contributed by atoms with Crippen LogP contribution in [0.3, 0.4) is 0 Å². The average molecular weight is 365 g/mol. The second kappa shape index (κ2) is 7.05. The van der Waals surface area contributed by atoms with Gasteiger partial charge in [-0.15, -0.1) is 11.3 Å². The van der Waals surface area contributed by atoms with Crippen LogP contribution < -0.4 is 10.6 Å². The van der Waals surface area contributed by atoms with Gasteiger partial charge in [0.15, 0.2) is 5.82 Å². The summed E-state index contributed by atoms with van der Waals surface area (Å²) < 4.78 is 14.3. The molecule has 0 atom stereocenters. The number of aromatic nitrogens is 3. The minimum absolute atomic E-state index is 0.254. The first-order valence-electron chi connectivity index (χ1n) is 8.10. The molecule has 0 fully saturated rings. The smallest absolute Gasteiger partial charge is 0.225 e. The molecular formula is C19H16FN5S. The number of thiophene rings is 1. The third-order valence-corrected chi connectivity index (χ3v) is 4.83. The fraction of sp³-hybridized carbons (Fsp3) is 0.105. The Morgan fingerprint density at radius 3 is 2.88 bits per heavy atom. The number of rotatable bonds is 5. The molecule has 130 valence electrons. The van der Waals surface area contributed by atoms with Gasteiger partial charge in [0.2, 0.25) is 5.95 Å². The average Bonchev–Trinajstić information content (AvgIpc) is 3.12. The molecule has 0 radical (unpaired) electrons. The van der Waals surface area contributed by atoms with Crippen molar-refractivity contribution in [2.24, 2.45) is 0 Å². The first-order chi connectivity index (χ1) is 12.7. The Hall–Kier alpha value is -3.06. The van der Waals surface area contributed by atoms with Crippen LogP contribution in [0, 0.1) is 12.7 Å². The summed E-state index contributed by atoms with van der Waals surface area (Å²) in [5, 5.41) is 8.52. The highest BCUT2D eigenvalue weighted by molar-refractivity contribution is 7.17. The van der Waals surface area contributed by atoms with Crippen LogP contribution >= 0.6 is 11.3 Å². The van der Waals surface area contributed by atoms with E-state index in [0.717, 1.165) is 27.0 Å². The van der Waals surface area contributed by atoms with Crippen molar-refractivity contribution in [1.29, 1.82) is 0 Å². The summed E-state index contributed by atoms with van der Waals surface area (Å²) in [6.07, 6.45) is 3.54. The molecular weight excluding hydrogens is 349 g/mol. The van der Waals surface area contributed by atoms with Crippen molar-refractivity contribution in [3.05, 3.63) is 71.1 Å². The van der Waals surface area contributed by atoms with Crippen LogP contribution in [0.1, 0.15) is 11.1 Å². The molecule has 5 nitrogen and oxygen atoms in total.